The van der Waals surface area contributed by atoms with Crippen LogP contribution in [0.4, 0.5) is 27.6 Å². The van der Waals surface area contributed by atoms with Crippen molar-refractivity contribution in [2.45, 2.75) is 12.6 Å². The van der Waals surface area contributed by atoms with Crippen LogP contribution in [0.15, 0.2) is 12.1 Å². The van der Waals surface area contributed by atoms with Gasteiger partial charge in [0.1, 0.15) is 11.4 Å². The van der Waals surface area contributed by atoms with Crippen LogP contribution in [0.2, 0.25) is 0 Å². The summed E-state index contributed by atoms with van der Waals surface area (Å²) in [5.74, 6) is 0. The zero-order valence-corrected chi connectivity index (χ0v) is 6.65. The molecule has 0 unspecified atom stereocenters. The van der Waals surface area contributed by atoms with Crippen molar-refractivity contribution in [3.05, 3.63) is 23.5 Å². The Labute approximate surface area is 75.5 Å². The summed E-state index contributed by atoms with van der Waals surface area (Å²) in [5, 5.41) is 0. The maximum Gasteiger partial charge on any atom is 0.433 e. The third-order valence-corrected chi connectivity index (χ3v) is 1.38. The van der Waals surface area contributed by atoms with Crippen molar-refractivity contribution in [2.75, 3.05) is 5.73 Å². The maximum absolute atomic E-state index is 12.0. The van der Waals surface area contributed by atoms with Gasteiger partial charge in [-0.05, 0) is 12.1 Å². The highest BCUT2D eigenvalue weighted by Crippen LogP contribution is 2.30. The van der Waals surface area contributed by atoms with Crippen molar-refractivity contribution in [1.29, 1.82) is 0 Å². The van der Waals surface area contributed by atoms with Gasteiger partial charge in [-0.25, -0.2) is 13.8 Å². The van der Waals surface area contributed by atoms with Crippen LogP contribution in [0, 0.1) is 0 Å². The molecule has 0 radical (unpaired) electrons. The number of aromatic nitrogens is 1. The largest absolute Gasteiger partial charge is 0.433 e. The molecule has 1 heterocycles. The molecular formula is C7H5F5N2. The molecule has 0 aliphatic rings. The van der Waals surface area contributed by atoms with Crippen LogP contribution in [0.3, 0.4) is 0 Å². The van der Waals surface area contributed by atoms with E-state index < -0.39 is 24.0 Å². The minimum absolute atomic E-state index is 0.386. The predicted octanol–water partition coefficient (Wildman–Crippen LogP) is 2.62. The van der Waals surface area contributed by atoms with Gasteiger partial charge in [-0.15, -0.1) is 0 Å². The molecule has 78 valence electrons. The summed E-state index contributed by atoms with van der Waals surface area (Å²) in [4.78, 5) is 2.75. The van der Waals surface area contributed by atoms with Gasteiger partial charge in [0.25, 0.3) is 6.43 Å². The Balaban J connectivity index is 3.21. The van der Waals surface area contributed by atoms with Crippen LogP contribution in [0.1, 0.15) is 17.8 Å². The summed E-state index contributed by atoms with van der Waals surface area (Å²) in [7, 11) is 0. The Hall–Kier alpha value is -1.40. The Kier molecular flexibility index (Phi) is 2.59. The smallest absolute Gasteiger partial charge is 0.399 e. The second kappa shape index (κ2) is 3.39. The van der Waals surface area contributed by atoms with Crippen LogP contribution < -0.4 is 5.73 Å². The molecule has 0 saturated heterocycles. The standard InChI is InChI=1S/C7H5F5N2/c8-6(9)4-1-3(13)2-5(14-4)7(10,11)12/h1-2,6H,(H2,13,14). The number of pyridine rings is 1. The van der Waals surface area contributed by atoms with Gasteiger partial charge in [0.2, 0.25) is 0 Å². The quantitative estimate of drug-likeness (QED) is 0.726. The first-order valence-corrected chi connectivity index (χ1v) is 3.43. The van der Waals surface area contributed by atoms with Crippen molar-refractivity contribution in [2.24, 2.45) is 0 Å². The van der Waals surface area contributed by atoms with E-state index in [1.807, 2.05) is 0 Å². The van der Waals surface area contributed by atoms with E-state index >= 15 is 0 Å². The first-order chi connectivity index (χ1) is 6.30. The van der Waals surface area contributed by atoms with E-state index in [0.29, 0.717) is 12.1 Å². The highest BCUT2D eigenvalue weighted by Gasteiger charge is 2.33. The van der Waals surface area contributed by atoms with Gasteiger partial charge < -0.3 is 5.73 Å². The predicted molar refractivity (Wildman–Crippen MR) is 38.6 cm³/mol. The van der Waals surface area contributed by atoms with E-state index in [4.69, 9.17) is 5.73 Å². The van der Waals surface area contributed by atoms with E-state index in [9.17, 15) is 22.0 Å². The number of anilines is 1. The van der Waals surface area contributed by atoms with E-state index in [2.05, 4.69) is 4.98 Å². The minimum atomic E-state index is -4.76. The molecule has 7 heteroatoms. The number of halogens is 5. The van der Waals surface area contributed by atoms with E-state index in [1.54, 1.807) is 0 Å². The van der Waals surface area contributed by atoms with Crippen molar-refractivity contribution in [3.8, 4) is 0 Å². The Morgan fingerprint density at radius 3 is 2.21 bits per heavy atom. The van der Waals surface area contributed by atoms with Gasteiger partial charge in [0.15, 0.2) is 0 Å². The molecule has 0 bridgehead atoms. The molecule has 14 heavy (non-hydrogen) atoms. The number of nitrogens with two attached hydrogens (primary N) is 1. The molecule has 0 aliphatic heterocycles. The lowest BCUT2D eigenvalue weighted by Crippen LogP contribution is -2.10. The summed E-state index contributed by atoms with van der Waals surface area (Å²) in [6.45, 7) is 0. The first kappa shape index (κ1) is 10.7. The highest BCUT2D eigenvalue weighted by molar-refractivity contribution is 5.41. The van der Waals surface area contributed by atoms with E-state index in [0.717, 1.165) is 0 Å². The van der Waals surface area contributed by atoms with Crippen LogP contribution in [0.25, 0.3) is 0 Å². The zero-order valence-electron chi connectivity index (χ0n) is 6.65. The van der Waals surface area contributed by atoms with E-state index in [1.165, 1.54) is 0 Å². The second-order valence-electron chi connectivity index (χ2n) is 2.51. The van der Waals surface area contributed by atoms with Crippen LogP contribution in [-0.4, -0.2) is 4.98 Å². The third kappa shape index (κ3) is 2.30. The Morgan fingerprint density at radius 2 is 1.79 bits per heavy atom. The van der Waals surface area contributed by atoms with Crippen LogP contribution >= 0.6 is 0 Å². The number of nitrogens with zero attached hydrogens (tertiary/aromatic N) is 1. The lowest BCUT2D eigenvalue weighted by atomic mass is 10.2. The van der Waals surface area contributed by atoms with E-state index in [-0.39, 0.29) is 5.69 Å². The molecule has 0 spiro atoms. The van der Waals surface area contributed by atoms with Crippen molar-refractivity contribution >= 4 is 5.69 Å². The first-order valence-electron chi connectivity index (χ1n) is 3.43. The molecule has 0 saturated carbocycles. The number of rotatable bonds is 1. The zero-order chi connectivity index (χ0) is 10.9. The summed E-state index contributed by atoms with van der Waals surface area (Å²) in [5.41, 5.74) is 2.25. The lowest BCUT2D eigenvalue weighted by Gasteiger charge is -2.08. The minimum Gasteiger partial charge on any atom is -0.399 e. The number of nitrogen functional groups attached to an aromatic ring is 1. The Bertz CT molecular complexity index is 333. The van der Waals surface area contributed by atoms with Crippen molar-refractivity contribution < 1.29 is 22.0 Å². The molecule has 0 amide bonds. The third-order valence-electron chi connectivity index (χ3n) is 1.38. The summed E-state index contributed by atoms with van der Waals surface area (Å²) >= 11 is 0. The van der Waals surface area contributed by atoms with Crippen LogP contribution in [0.5, 0.6) is 0 Å². The molecule has 2 N–H and O–H groups in total. The van der Waals surface area contributed by atoms with Gasteiger partial charge in [-0.2, -0.15) is 13.2 Å². The molecule has 0 aliphatic carbocycles. The molecular weight excluding hydrogens is 207 g/mol. The fourth-order valence-corrected chi connectivity index (χ4v) is 0.831. The Morgan fingerprint density at radius 1 is 1.21 bits per heavy atom. The normalized spacial score (nSPS) is 12.1. The monoisotopic (exact) mass is 212 g/mol. The van der Waals surface area contributed by atoms with Gasteiger partial charge >= 0.3 is 6.18 Å². The average molecular weight is 212 g/mol. The number of hydrogen-bond donors (Lipinski definition) is 1. The lowest BCUT2D eigenvalue weighted by molar-refractivity contribution is -0.141. The molecule has 0 aromatic carbocycles. The fourth-order valence-electron chi connectivity index (χ4n) is 0.831. The maximum atomic E-state index is 12.0. The summed E-state index contributed by atoms with van der Waals surface area (Å²) < 4.78 is 60.2. The topological polar surface area (TPSA) is 38.9 Å². The average Bonchev–Trinajstić information content (AvgIpc) is 2.01. The molecule has 2 nitrogen and oxygen atoms in total. The molecule has 1 aromatic rings. The van der Waals surface area contributed by atoms with Gasteiger partial charge in [0.05, 0.1) is 0 Å². The molecule has 0 fully saturated rings. The molecule has 1 rings (SSSR count). The number of alkyl halides is 5. The number of hydrogen-bond acceptors (Lipinski definition) is 2. The molecule has 0 atom stereocenters. The summed E-state index contributed by atoms with van der Waals surface area (Å²) in [6.07, 6.45) is -7.83. The SMILES string of the molecule is Nc1cc(C(F)F)nc(C(F)(F)F)c1. The molecule has 1 aromatic heterocycles. The fraction of sp³-hybridized carbons (Fsp3) is 0.286. The van der Waals surface area contributed by atoms with Gasteiger partial charge in [-0.3, -0.25) is 0 Å². The van der Waals surface area contributed by atoms with Gasteiger partial charge in [0, 0.05) is 5.69 Å². The van der Waals surface area contributed by atoms with Crippen molar-refractivity contribution in [3.63, 3.8) is 0 Å². The summed E-state index contributed by atoms with van der Waals surface area (Å²) in [6, 6.07) is 1.21. The van der Waals surface area contributed by atoms with Gasteiger partial charge in [-0.1, -0.05) is 0 Å². The van der Waals surface area contributed by atoms with Crippen LogP contribution in [-0.2, 0) is 6.18 Å². The van der Waals surface area contributed by atoms with Crippen molar-refractivity contribution in [1.82, 2.24) is 4.98 Å². The second-order valence-corrected chi connectivity index (χ2v) is 2.51. The highest BCUT2D eigenvalue weighted by atomic mass is 19.4.